The number of ether oxygens (including phenoxy) is 1. The molecule has 1 aromatic heterocycles. The Bertz CT molecular complexity index is 651. The summed E-state index contributed by atoms with van der Waals surface area (Å²) in [6.07, 6.45) is 2.89. The monoisotopic (exact) mass is 346 g/mol. The highest BCUT2D eigenvalue weighted by molar-refractivity contribution is 5.29. The van der Waals surface area contributed by atoms with Gasteiger partial charge >= 0.3 is 0 Å². The van der Waals surface area contributed by atoms with Crippen LogP contribution in [0, 0.1) is 5.82 Å². The van der Waals surface area contributed by atoms with Crippen molar-refractivity contribution in [1.82, 2.24) is 14.9 Å². The van der Waals surface area contributed by atoms with Gasteiger partial charge in [-0.05, 0) is 12.1 Å². The molecule has 25 heavy (non-hydrogen) atoms. The van der Waals surface area contributed by atoms with Gasteiger partial charge in [-0.3, -0.25) is 4.90 Å². The molecular weight excluding hydrogens is 323 g/mol. The molecule has 1 atom stereocenters. The number of hydrogen-bond acceptors (Lipinski definition) is 6. The minimum atomic E-state index is -0.591. The Morgan fingerprint density at radius 2 is 1.80 bits per heavy atom. The van der Waals surface area contributed by atoms with Gasteiger partial charge in [-0.25, -0.2) is 14.4 Å². The van der Waals surface area contributed by atoms with Gasteiger partial charge in [0.15, 0.2) is 0 Å². The number of halogens is 1. The zero-order valence-corrected chi connectivity index (χ0v) is 14.1. The number of aliphatic hydroxyl groups is 1. The summed E-state index contributed by atoms with van der Waals surface area (Å²) in [5, 5.41) is 10.1. The van der Waals surface area contributed by atoms with Crippen LogP contribution >= 0.6 is 0 Å². The minimum absolute atomic E-state index is 0.170. The Labute approximate surface area is 146 Å². The van der Waals surface area contributed by atoms with Gasteiger partial charge in [0.2, 0.25) is 5.95 Å². The molecule has 1 aliphatic heterocycles. The zero-order chi connectivity index (χ0) is 17.5. The number of β-amino-alcohol motifs (C(OH)–C–C–N with tert-alkyl or cyclic N) is 1. The number of rotatable bonds is 7. The lowest BCUT2D eigenvalue weighted by Gasteiger charge is -2.35. The van der Waals surface area contributed by atoms with Crippen molar-refractivity contribution in [2.45, 2.75) is 12.7 Å². The number of benzene rings is 1. The van der Waals surface area contributed by atoms with Gasteiger partial charge in [0.1, 0.15) is 5.82 Å². The standard InChI is InChI=1S/C18H23FN4O2/c19-17-5-2-1-4-15(17)13-25-14-16(24)12-22-8-10-23(11-9-22)18-20-6-3-7-21-18/h1-7,16,24H,8-14H2. The van der Waals surface area contributed by atoms with Gasteiger partial charge in [0.05, 0.1) is 19.3 Å². The summed E-state index contributed by atoms with van der Waals surface area (Å²) in [6, 6.07) is 8.32. The molecule has 1 N–H and O–H groups in total. The summed E-state index contributed by atoms with van der Waals surface area (Å²) in [5.74, 6) is 0.465. The Hall–Kier alpha value is -2.09. The van der Waals surface area contributed by atoms with Gasteiger partial charge in [-0.2, -0.15) is 0 Å². The van der Waals surface area contributed by atoms with E-state index in [0.29, 0.717) is 12.1 Å². The molecule has 1 aliphatic rings. The maximum Gasteiger partial charge on any atom is 0.225 e. The Kier molecular flexibility index (Phi) is 6.27. The second kappa shape index (κ2) is 8.84. The highest BCUT2D eigenvalue weighted by Gasteiger charge is 2.20. The van der Waals surface area contributed by atoms with Crippen LogP contribution in [0.15, 0.2) is 42.7 Å². The molecule has 1 aromatic carbocycles. The molecule has 2 aromatic rings. The molecule has 0 saturated carbocycles. The lowest BCUT2D eigenvalue weighted by molar-refractivity contribution is 0.00835. The van der Waals surface area contributed by atoms with E-state index in [-0.39, 0.29) is 19.0 Å². The smallest absolute Gasteiger partial charge is 0.225 e. The summed E-state index contributed by atoms with van der Waals surface area (Å²) >= 11 is 0. The second-order valence-electron chi connectivity index (χ2n) is 6.10. The maximum absolute atomic E-state index is 13.5. The number of hydrogen-bond donors (Lipinski definition) is 1. The van der Waals surface area contributed by atoms with Crippen LogP contribution < -0.4 is 4.90 Å². The molecule has 3 rings (SSSR count). The van der Waals surface area contributed by atoms with E-state index in [4.69, 9.17) is 4.74 Å². The Morgan fingerprint density at radius 1 is 1.08 bits per heavy atom. The van der Waals surface area contributed by atoms with E-state index < -0.39 is 6.10 Å². The molecule has 0 radical (unpaired) electrons. The molecule has 134 valence electrons. The van der Waals surface area contributed by atoms with Gasteiger partial charge in [-0.15, -0.1) is 0 Å². The molecular formula is C18H23FN4O2. The number of aromatic nitrogens is 2. The highest BCUT2D eigenvalue weighted by Crippen LogP contribution is 2.11. The molecule has 6 nitrogen and oxygen atoms in total. The van der Waals surface area contributed by atoms with Crippen LogP contribution in [0.2, 0.25) is 0 Å². The van der Waals surface area contributed by atoms with Crippen molar-refractivity contribution in [3.63, 3.8) is 0 Å². The zero-order valence-electron chi connectivity index (χ0n) is 14.1. The fourth-order valence-corrected chi connectivity index (χ4v) is 2.86. The number of anilines is 1. The maximum atomic E-state index is 13.5. The Balaban J connectivity index is 1.36. The third kappa shape index (κ3) is 5.19. The van der Waals surface area contributed by atoms with Crippen LogP contribution in [0.25, 0.3) is 0 Å². The Morgan fingerprint density at radius 3 is 2.52 bits per heavy atom. The highest BCUT2D eigenvalue weighted by atomic mass is 19.1. The lowest BCUT2D eigenvalue weighted by Crippen LogP contribution is -2.49. The first-order valence-corrected chi connectivity index (χ1v) is 8.46. The fraction of sp³-hybridized carbons (Fsp3) is 0.444. The summed E-state index contributed by atoms with van der Waals surface area (Å²) in [4.78, 5) is 12.8. The van der Waals surface area contributed by atoms with Gasteiger partial charge in [0.25, 0.3) is 0 Å². The van der Waals surface area contributed by atoms with Crippen molar-refractivity contribution in [2.75, 3.05) is 44.2 Å². The summed E-state index contributed by atoms with van der Waals surface area (Å²) in [6.45, 7) is 4.23. The number of piperazine rings is 1. The van der Waals surface area contributed by atoms with E-state index in [2.05, 4.69) is 19.8 Å². The molecule has 1 fully saturated rings. The van der Waals surface area contributed by atoms with Crippen molar-refractivity contribution in [3.8, 4) is 0 Å². The van der Waals surface area contributed by atoms with Crippen LogP contribution in [-0.2, 0) is 11.3 Å². The third-order valence-electron chi connectivity index (χ3n) is 4.20. The predicted molar refractivity (Wildman–Crippen MR) is 92.7 cm³/mol. The predicted octanol–water partition coefficient (Wildman–Crippen LogP) is 1.32. The minimum Gasteiger partial charge on any atom is -0.389 e. The van der Waals surface area contributed by atoms with Gasteiger partial charge in [-0.1, -0.05) is 18.2 Å². The quantitative estimate of drug-likeness (QED) is 0.816. The second-order valence-corrected chi connectivity index (χ2v) is 6.10. The average molecular weight is 346 g/mol. The summed E-state index contributed by atoms with van der Waals surface area (Å²) in [5.41, 5.74) is 0.506. The molecule has 0 spiro atoms. The molecule has 0 amide bonds. The van der Waals surface area contributed by atoms with E-state index in [0.717, 1.165) is 32.1 Å². The van der Waals surface area contributed by atoms with Gasteiger partial charge in [0, 0.05) is 50.7 Å². The first-order chi connectivity index (χ1) is 12.2. The molecule has 0 bridgehead atoms. The topological polar surface area (TPSA) is 61.7 Å². The third-order valence-corrected chi connectivity index (χ3v) is 4.20. The van der Waals surface area contributed by atoms with Crippen molar-refractivity contribution in [3.05, 3.63) is 54.1 Å². The summed E-state index contributed by atoms with van der Waals surface area (Å²) in [7, 11) is 0. The van der Waals surface area contributed by atoms with Crippen molar-refractivity contribution in [1.29, 1.82) is 0 Å². The SMILES string of the molecule is OC(COCc1ccccc1F)CN1CCN(c2ncccn2)CC1. The fourth-order valence-electron chi connectivity index (χ4n) is 2.86. The van der Waals surface area contributed by atoms with Crippen LogP contribution in [-0.4, -0.2) is 65.4 Å². The molecule has 1 saturated heterocycles. The van der Waals surface area contributed by atoms with E-state index in [1.54, 1.807) is 36.7 Å². The van der Waals surface area contributed by atoms with Crippen molar-refractivity contribution in [2.24, 2.45) is 0 Å². The van der Waals surface area contributed by atoms with Gasteiger partial charge < -0.3 is 14.7 Å². The molecule has 1 unspecified atom stereocenters. The first kappa shape index (κ1) is 17.7. The van der Waals surface area contributed by atoms with E-state index in [1.165, 1.54) is 6.07 Å². The van der Waals surface area contributed by atoms with E-state index in [1.807, 2.05) is 0 Å². The van der Waals surface area contributed by atoms with Crippen LogP contribution in [0.4, 0.5) is 10.3 Å². The summed E-state index contributed by atoms with van der Waals surface area (Å²) < 4.78 is 18.9. The van der Waals surface area contributed by atoms with E-state index >= 15 is 0 Å². The molecule has 7 heteroatoms. The number of aliphatic hydroxyl groups excluding tert-OH is 1. The largest absolute Gasteiger partial charge is 0.389 e. The van der Waals surface area contributed by atoms with Crippen molar-refractivity contribution < 1.29 is 14.2 Å². The van der Waals surface area contributed by atoms with Crippen LogP contribution in [0.1, 0.15) is 5.56 Å². The number of nitrogens with zero attached hydrogens (tertiary/aromatic N) is 4. The molecule has 2 heterocycles. The lowest BCUT2D eigenvalue weighted by atomic mass is 10.2. The normalized spacial score (nSPS) is 16.8. The van der Waals surface area contributed by atoms with Crippen LogP contribution in [0.5, 0.6) is 0 Å². The first-order valence-electron chi connectivity index (χ1n) is 8.46. The average Bonchev–Trinajstić information content (AvgIpc) is 2.65. The van der Waals surface area contributed by atoms with E-state index in [9.17, 15) is 9.50 Å². The molecule has 0 aliphatic carbocycles. The van der Waals surface area contributed by atoms with Crippen molar-refractivity contribution >= 4 is 5.95 Å². The van der Waals surface area contributed by atoms with Crippen LogP contribution in [0.3, 0.4) is 0 Å².